The Bertz CT molecular complexity index is 902. The van der Waals surface area contributed by atoms with Gasteiger partial charge in [0.15, 0.2) is 0 Å². The lowest BCUT2D eigenvalue weighted by Crippen LogP contribution is -2.37. The van der Waals surface area contributed by atoms with Crippen molar-refractivity contribution in [1.82, 2.24) is 10.2 Å². The fourth-order valence-electron chi connectivity index (χ4n) is 4.55. The van der Waals surface area contributed by atoms with Crippen molar-refractivity contribution >= 4 is 22.1 Å². The Hall–Kier alpha value is -2.13. The molecule has 3 rings (SSSR count). The number of carbonyl (C=O) groups is 2. The van der Waals surface area contributed by atoms with Crippen LogP contribution in [0.4, 0.5) is 4.79 Å². The maximum Gasteiger partial charge on any atom is 0.318 e. The average molecular weight is 467 g/mol. The topological polar surface area (TPSA) is 102 Å². The van der Waals surface area contributed by atoms with Gasteiger partial charge >= 0.3 is 12.0 Å². The molecule has 2 aliphatic rings. The number of amides is 2. The molecule has 8 nitrogen and oxygen atoms in total. The molecule has 1 heterocycles. The SMILES string of the molecule is CCCCCC(CCN1C(=O)NC2C[C@@H](OS(=O)(=O)c3ccc(C)cc3)CC21)OC(C)=O. The molecule has 2 amide bonds. The van der Waals surface area contributed by atoms with E-state index in [2.05, 4.69) is 12.2 Å². The molecule has 1 saturated heterocycles. The lowest BCUT2D eigenvalue weighted by molar-refractivity contribution is -0.147. The number of aryl methyl sites for hydroxylation is 1. The molecule has 4 atom stereocenters. The number of unbranched alkanes of at least 4 members (excludes halogenated alkanes) is 2. The highest BCUT2D eigenvalue weighted by molar-refractivity contribution is 7.86. The summed E-state index contributed by atoms with van der Waals surface area (Å²) in [7, 11) is -3.86. The minimum atomic E-state index is -3.86. The number of ether oxygens (including phenoxy) is 1. The van der Waals surface area contributed by atoms with Crippen LogP contribution in [0.5, 0.6) is 0 Å². The van der Waals surface area contributed by atoms with Crippen molar-refractivity contribution in [2.24, 2.45) is 0 Å². The molecule has 0 radical (unpaired) electrons. The van der Waals surface area contributed by atoms with Crippen molar-refractivity contribution in [3.63, 3.8) is 0 Å². The second-order valence-corrected chi connectivity index (χ2v) is 10.4. The van der Waals surface area contributed by atoms with E-state index in [1.54, 1.807) is 29.2 Å². The predicted molar refractivity (Wildman–Crippen MR) is 120 cm³/mol. The Morgan fingerprint density at radius 3 is 2.56 bits per heavy atom. The molecule has 1 N–H and O–H groups in total. The van der Waals surface area contributed by atoms with Crippen LogP contribution in [-0.2, 0) is 23.8 Å². The van der Waals surface area contributed by atoms with Crippen LogP contribution in [0.25, 0.3) is 0 Å². The van der Waals surface area contributed by atoms with E-state index in [0.29, 0.717) is 25.8 Å². The van der Waals surface area contributed by atoms with Crippen LogP contribution in [0.3, 0.4) is 0 Å². The van der Waals surface area contributed by atoms with E-state index < -0.39 is 16.2 Å². The van der Waals surface area contributed by atoms with Gasteiger partial charge in [0.25, 0.3) is 10.1 Å². The first-order chi connectivity index (χ1) is 15.2. The average Bonchev–Trinajstić information content (AvgIpc) is 3.21. The van der Waals surface area contributed by atoms with E-state index in [0.717, 1.165) is 31.2 Å². The van der Waals surface area contributed by atoms with Gasteiger partial charge in [-0.25, -0.2) is 4.79 Å². The first-order valence-electron chi connectivity index (χ1n) is 11.4. The lowest BCUT2D eigenvalue weighted by Gasteiger charge is -2.25. The number of fused-ring (bicyclic) bond motifs is 1. The quantitative estimate of drug-likeness (QED) is 0.304. The summed E-state index contributed by atoms with van der Waals surface area (Å²) < 4.78 is 36.2. The van der Waals surface area contributed by atoms with Crippen LogP contribution >= 0.6 is 0 Å². The highest BCUT2D eigenvalue weighted by atomic mass is 32.2. The first-order valence-corrected chi connectivity index (χ1v) is 12.8. The van der Waals surface area contributed by atoms with Gasteiger partial charge in [-0.15, -0.1) is 0 Å². The maximum absolute atomic E-state index is 12.6. The van der Waals surface area contributed by atoms with Gasteiger partial charge in [0, 0.05) is 19.9 Å². The molecule has 1 aliphatic heterocycles. The summed E-state index contributed by atoms with van der Waals surface area (Å²) in [6.45, 7) is 5.86. The van der Waals surface area contributed by atoms with Gasteiger partial charge in [-0.3, -0.25) is 8.98 Å². The van der Waals surface area contributed by atoms with Gasteiger partial charge in [0.1, 0.15) is 6.10 Å². The third-order valence-corrected chi connectivity index (χ3v) is 7.56. The van der Waals surface area contributed by atoms with E-state index in [1.807, 2.05) is 6.92 Å². The number of urea groups is 1. The molecule has 0 spiro atoms. The van der Waals surface area contributed by atoms with Crippen molar-refractivity contribution in [3.05, 3.63) is 29.8 Å². The number of nitrogens with zero attached hydrogens (tertiary/aromatic N) is 1. The lowest BCUT2D eigenvalue weighted by atomic mass is 10.1. The minimum absolute atomic E-state index is 0.130. The Labute approximate surface area is 190 Å². The van der Waals surface area contributed by atoms with E-state index in [4.69, 9.17) is 8.92 Å². The summed E-state index contributed by atoms with van der Waals surface area (Å²) in [5, 5.41) is 2.95. The molecule has 2 fully saturated rings. The van der Waals surface area contributed by atoms with Crippen LogP contribution in [0.1, 0.15) is 64.4 Å². The van der Waals surface area contributed by atoms with Gasteiger partial charge in [0.05, 0.1) is 23.1 Å². The molecule has 9 heteroatoms. The summed E-state index contributed by atoms with van der Waals surface area (Å²) in [5.74, 6) is -0.314. The van der Waals surface area contributed by atoms with Crippen molar-refractivity contribution < 1.29 is 26.9 Å². The molecule has 178 valence electrons. The number of hydrogen-bond donors (Lipinski definition) is 1. The Balaban J connectivity index is 1.58. The molecular weight excluding hydrogens is 432 g/mol. The van der Waals surface area contributed by atoms with E-state index in [1.165, 1.54) is 6.92 Å². The summed E-state index contributed by atoms with van der Waals surface area (Å²) >= 11 is 0. The van der Waals surface area contributed by atoms with Gasteiger partial charge in [-0.1, -0.05) is 37.5 Å². The third-order valence-electron chi connectivity index (χ3n) is 6.18. The monoisotopic (exact) mass is 466 g/mol. The largest absolute Gasteiger partial charge is 0.462 e. The van der Waals surface area contributed by atoms with Crippen molar-refractivity contribution in [3.8, 4) is 0 Å². The third kappa shape index (κ3) is 6.22. The standard InChI is InChI=1S/C23H34N2O6S/c1-4-5-6-7-18(30-17(3)26)12-13-25-22-15-19(14-21(22)24-23(25)27)31-32(28,29)20-10-8-16(2)9-11-20/h8-11,18-19,21-22H,4-7,12-15H2,1-3H3,(H,24,27)/t18?,19-,21?,22?/m1/s1. The summed E-state index contributed by atoms with van der Waals surface area (Å²) in [5.41, 5.74) is 0.972. The summed E-state index contributed by atoms with van der Waals surface area (Å²) in [6, 6.07) is 6.13. The number of benzene rings is 1. The van der Waals surface area contributed by atoms with Crippen LogP contribution < -0.4 is 5.32 Å². The molecule has 1 saturated carbocycles. The van der Waals surface area contributed by atoms with Crippen LogP contribution in [0, 0.1) is 6.92 Å². The van der Waals surface area contributed by atoms with Gasteiger partial charge in [-0.2, -0.15) is 8.42 Å². The molecule has 32 heavy (non-hydrogen) atoms. The zero-order chi connectivity index (χ0) is 23.3. The summed E-state index contributed by atoms with van der Waals surface area (Å²) in [4.78, 5) is 25.8. The Kier molecular flexibility index (Phi) is 8.16. The molecule has 3 unspecified atom stereocenters. The molecule has 0 aromatic heterocycles. The van der Waals surface area contributed by atoms with Gasteiger partial charge in [0.2, 0.25) is 0 Å². The van der Waals surface area contributed by atoms with Gasteiger partial charge < -0.3 is 15.0 Å². The van der Waals surface area contributed by atoms with Crippen molar-refractivity contribution in [2.75, 3.05) is 6.54 Å². The molecule has 1 aromatic rings. The fraction of sp³-hybridized carbons (Fsp3) is 0.652. The van der Waals surface area contributed by atoms with Crippen LogP contribution in [0.15, 0.2) is 29.2 Å². The second kappa shape index (κ2) is 10.7. The van der Waals surface area contributed by atoms with Crippen molar-refractivity contribution in [1.29, 1.82) is 0 Å². The minimum Gasteiger partial charge on any atom is -0.462 e. The fourth-order valence-corrected chi connectivity index (χ4v) is 5.65. The van der Waals surface area contributed by atoms with E-state index in [-0.39, 0.29) is 35.1 Å². The highest BCUT2D eigenvalue weighted by Gasteiger charge is 2.47. The maximum atomic E-state index is 12.6. The molecule has 0 bridgehead atoms. The molecule has 1 aliphatic carbocycles. The van der Waals surface area contributed by atoms with Crippen molar-refractivity contribution in [2.45, 2.75) is 94.9 Å². The second-order valence-electron chi connectivity index (χ2n) is 8.79. The Morgan fingerprint density at radius 2 is 1.91 bits per heavy atom. The molecule has 1 aromatic carbocycles. The number of rotatable bonds is 11. The zero-order valence-electron chi connectivity index (χ0n) is 19.1. The van der Waals surface area contributed by atoms with Crippen LogP contribution in [0.2, 0.25) is 0 Å². The number of esters is 1. The smallest absolute Gasteiger partial charge is 0.318 e. The zero-order valence-corrected chi connectivity index (χ0v) is 19.9. The Morgan fingerprint density at radius 1 is 1.19 bits per heavy atom. The number of carbonyl (C=O) groups excluding carboxylic acids is 2. The number of hydrogen-bond acceptors (Lipinski definition) is 6. The van der Waals surface area contributed by atoms with Gasteiger partial charge in [-0.05, 0) is 44.7 Å². The van der Waals surface area contributed by atoms with E-state index in [9.17, 15) is 18.0 Å². The first kappa shape index (κ1) is 24.5. The van der Waals surface area contributed by atoms with E-state index >= 15 is 0 Å². The predicted octanol–water partition coefficient (Wildman–Crippen LogP) is 3.53. The molecular formula is C23H34N2O6S. The normalized spacial score (nSPS) is 23.7. The summed E-state index contributed by atoms with van der Waals surface area (Å²) in [6.07, 6.45) is 4.64. The van der Waals surface area contributed by atoms with Crippen LogP contribution in [-0.4, -0.2) is 56.2 Å². The number of nitrogens with one attached hydrogen (secondary N) is 1. The highest BCUT2D eigenvalue weighted by Crippen LogP contribution is 2.33.